The van der Waals surface area contributed by atoms with Gasteiger partial charge in [-0.25, -0.2) is 0 Å². The van der Waals surface area contributed by atoms with Gasteiger partial charge in [-0.15, -0.1) is 0 Å². The van der Waals surface area contributed by atoms with E-state index in [9.17, 15) is 14.4 Å². The highest BCUT2D eigenvalue weighted by atomic mass is 16.2. The van der Waals surface area contributed by atoms with E-state index in [1.54, 1.807) is 0 Å². The van der Waals surface area contributed by atoms with Crippen molar-refractivity contribution in [3.05, 3.63) is 0 Å². The maximum atomic E-state index is 10.6. The molecule has 0 saturated carbocycles. The summed E-state index contributed by atoms with van der Waals surface area (Å²) in [5.41, 5.74) is 0. The summed E-state index contributed by atoms with van der Waals surface area (Å²) >= 11 is 0. The Labute approximate surface area is 57.0 Å². The number of amides is 3. The quantitative estimate of drug-likeness (QED) is 0.343. The predicted octanol–water partition coefficient (Wildman–Crippen LogP) is -1.90. The molecule has 10 heavy (non-hydrogen) atoms. The molecule has 1 aliphatic heterocycles. The average Bonchev–Trinajstić information content (AvgIpc) is 1.95. The highest BCUT2D eigenvalue weighted by Gasteiger charge is 2.24. The van der Waals surface area contributed by atoms with Crippen LogP contribution in [-0.2, 0) is 14.4 Å². The van der Waals surface area contributed by atoms with E-state index in [0.29, 0.717) is 13.0 Å². The van der Waals surface area contributed by atoms with E-state index in [2.05, 4.69) is 5.32 Å². The van der Waals surface area contributed by atoms with Crippen LogP contribution in [0.15, 0.2) is 0 Å². The maximum Gasteiger partial charge on any atom is 0.318 e. The number of hydrogen-bond donors (Lipinski definition) is 1. The Morgan fingerprint density at radius 2 is 2.20 bits per heavy atom. The highest BCUT2D eigenvalue weighted by molar-refractivity contribution is 6.37. The topological polar surface area (TPSA) is 66.5 Å². The summed E-state index contributed by atoms with van der Waals surface area (Å²) in [6.07, 6.45) is 0.362. The number of nitrogens with one attached hydrogen (secondary N) is 1. The molecule has 0 radical (unpaired) electrons. The van der Waals surface area contributed by atoms with E-state index < -0.39 is 11.8 Å². The molecule has 0 spiro atoms. The predicted molar refractivity (Wildman–Crippen MR) is 30.8 cm³/mol. The number of rotatable bonds is 1. The second kappa shape index (κ2) is 2.47. The monoisotopic (exact) mass is 142 g/mol. The number of carbonyl (C=O) groups excluding carboxylic acids is 3. The van der Waals surface area contributed by atoms with Crippen molar-refractivity contribution < 1.29 is 14.4 Å². The largest absolute Gasteiger partial charge is 0.346 e. The molecule has 3 amide bonds. The number of hydrogen-bond acceptors (Lipinski definition) is 3. The van der Waals surface area contributed by atoms with Gasteiger partial charge in [-0.3, -0.25) is 19.3 Å². The third kappa shape index (κ3) is 0.975. The first-order valence-electron chi connectivity index (χ1n) is 2.80. The van der Waals surface area contributed by atoms with Crippen molar-refractivity contribution in [3.63, 3.8) is 0 Å². The number of imide groups is 1. The Morgan fingerprint density at radius 3 is 2.70 bits per heavy atom. The lowest BCUT2D eigenvalue weighted by molar-refractivity contribution is -0.151. The molecule has 0 aromatic carbocycles. The van der Waals surface area contributed by atoms with Crippen molar-refractivity contribution in [2.75, 3.05) is 13.1 Å². The second-order valence-corrected chi connectivity index (χ2v) is 1.86. The molecule has 0 unspecified atom stereocenters. The lowest BCUT2D eigenvalue weighted by Crippen LogP contribution is -2.51. The van der Waals surface area contributed by atoms with Gasteiger partial charge in [-0.05, 0) is 0 Å². The van der Waals surface area contributed by atoms with Crippen LogP contribution in [0.3, 0.4) is 0 Å². The molecule has 1 heterocycles. The zero-order chi connectivity index (χ0) is 7.56. The SMILES string of the molecule is O=CN1CCNC(=O)C1=O. The van der Waals surface area contributed by atoms with Crippen LogP contribution in [0.2, 0.25) is 0 Å². The van der Waals surface area contributed by atoms with Crippen LogP contribution in [-0.4, -0.2) is 36.2 Å². The van der Waals surface area contributed by atoms with Gasteiger partial charge in [-0.2, -0.15) is 0 Å². The van der Waals surface area contributed by atoms with Crippen molar-refractivity contribution in [1.29, 1.82) is 0 Å². The summed E-state index contributed by atoms with van der Waals surface area (Å²) < 4.78 is 0. The Kier molecular flexibility index (Phi) is 1.66. The molecule has 5 heteroatoms. The first kappa shape index (κ1) is 6.73. The minimum atomic E-state index is -0.777. The van der Waals surface area contributed by atoms with Crippen molar-refractivity contribution in [2.45, 2.75) is 0 Å². The van der Waals surface area contributed by atoms with Crippen LogP contribution in [0.4, 0.5) is 0 Å². The molecule has 0 aromatic heterocycles. The van der Waals surface area contributed by atoms with Gasteiger partial charge in [0.25, 0.3) is 0 Å². The van der Waals surface area contributed by atoms with E-state index in [1.165, 1.54) is 0 Å². The van der Waals surface area contributed by atoms with E-state index in [1.807, 2.05) is 0 Å². The molecule has 1 fully saturated rings. The standard InChI is InChI=1S/C5H6N2O3/c8-3-7-2-1-6-4(9)5(7)10/h3H,1-2H2,(H,6,9). The van der Waals surface area contributed by atoms with Crippen LogP contribution >= 0.6 is 0 Å². The lowest BCUT2D eigenvalue weighted by atomic mass is 10.4. The van der Waals surface area contributed by atoms with Gasteiger partial charge in [0.05, 0.1) is 0 Å². The molecule has 1 N–H and O–H groups in total. The zero-order valence-corrected chi connectivity index (χ0v) is 5.16. The molecule has 1 rings (SSSR count). The molecule has 5 nitrogen and oxygen atoms in total. The zero-order valence-electron chi connectivity index (χ0n) is 5.16. The van der Waals surface area contributed by atoms with E-state index in [0.717, 1.165) is 4.90 Å². The summed E-state index contributed by atoms with van der Waals surface area (Å²) in [6.45, 7) is 0.622. The molecule has 54 valence electrons. The van der Waals surface area contributed by atoms with Crippen molar-refractivity contribution in [1.82, 2.24) is 10.2 Å². The summed E-state index contributed by atoms with van der Waals surface area (Å²) in [5, 5.41) is 2.31. The molecule has 0 aliphatic carbocycles. The van der Waals surface area contributed by atoms with Crippen LogP contribution < -0.4 is 5.32 Å². The highest BCUT2D eigenvalue weighted by Crippen LogP contribution is 1.89. The first-order chi connectivity index (χ1) is 4.75. The minimum absolute atomic E-state index is 0.272. The lowest BCUT2D eigenvalue weighted by Gasteiger charge is -2.19. The third-order valence-electron chi connectivity index (χ3n) is 1.22. The fourth-order valence-electron chi connectivity index (χ4n) is 0.698. The minimum Gasteiger partial charge on any atom is -0.346 e. The molecular formula is C5H6N2O3. The Hall–Kier alpha value is -1.39. The second-order valence-electron chi connectivity index (χ2n) is 1.86. The first-order valence-corrected chi connectivity index (χ1v) is 2.80. The van der Waals surface area contributed by atoms with E-state index in [4.69, 9.17) is 0 Å². The molecule has 1 aliphatic rings. The Bertz CT molecular complexity index is 189. The Morgan fingerprint density at radius 1 is 1.50 bits per heavy atom. The van der Waals surface area contributed by atoms with Gasteiger partial charge in [0.1, 0.15) is 0 Å². The van der Waals surface area contributed by atoms with Gasteiger partial charge in [0, 0.05) is 13.1 Å². The van der Waals surface area contributed by atoms with Crippen molar-refractivity contribution >= 4 is 18.2 Å². The van der Waals surface area contributed by atoms with Gasteiger partial charge in [-0.1, -0.05) is 0 Å². The Balaban J connectivity index is 2.68. The van der Waals surface area contributed by atoms with Gasteiger partial charge >= 0.3 is 11.8 Å². The fourth-order valence-corrected chi connectivity index (χ4v) is 0.698. The summed E-state index contributed by atoms with van der Waals surface area (Å²) in [6, 6.07) is 0. The van der Waals surface area contributed by atoms with Crippen LogP contribution in [0, 0.1) is 0 Å². The maximum absolute atomic E-state index is 10.6. The van der Waals surface area contributed by atoms with Crippen molar-refractivity contribution in [2.24, 2.45) is 0 Å². The molecular weight excluding hydrogens is 136 g/mol. The third-order valence-corrected chi connectivity index (χ3v) is 1.22. The number of nitrogens with zero attached hydrogens (tertiary/aromatic N) is 1. The molecule has 0 atom stereocenters. The number of piperazine rings is 1. The fraction of sp³-hybridized carbons (Fsp3) is 0.400. The van der Waals surface area contributed by atoms with Gasteiger partial charge < -0.3 is 5.32 Å². The van der Waals surface area contributed by atoms with Crippen molar-refractivity contribution in [3.8, 4) is 0 Å². The summed E-state index contributed by atoms with van der Waals surface area (Å²) in [7, 11) is 0. The van der Waals surface area contributed by atoms with E-state index in [-0.39, 0.29) is 6.54 Å². The summed E-state index contributed by atoms with van der Waals surface area (Å²) in [4.78, 5) is 32.0. The van der Waals surface area contributed by atoms with Crippen LogP contribution in [0.5, 0.6) is 0 Å². The van der Waals surface area contributed by atoms with Gasteiger partial charge in [0.15, 0.2) is 0 Å². The summed E-state index contributed by atoms with van der Waals surface area (Å²) in [5.74, 6) is -1.49. The number of carbonyl (C=O) groups is 3. The normalized spacial score (nSPS) is 18.6. The van der Waals surface area contributed by atoms with Gasteiger partial charge in [0.2, 0.25) is 6.41 Å². The van der Waals surface area contributed by atoms with Crippen LogP contribution in [0.1, 0.15) is 0 Å². The molecule has 0 bridgehead atoms. The smallest absolute Gasteiger partial charge is 0.318 e. The average molecular weight is 142 g/mol. The van der Waals surface area contributed by atoms with Crippen LogP contribution in [0.25, 0.3) is 0 Å². The molecule has 1 saturated heterocycles. The van der Waals surface area contributed by atoms with E-state index >= 15 is 0 Å². The molecule has 0 aromatic rings.